The number of nitrogens with one attached hydrogen (secondary N) is 1. The molecule has 0 bridgehead atoms. The van der Waals surface area contributed by atoms with E-state index in [9.17, 15) is 0 Å². The van der Waals surface area contributed by atoms with E-state index in [1.165, 1.54) is 25.8 Å². The van der Waals surface area contributed by atoms with Crippen molar-refractivity contribution in [2.75, 3.05) is 13.6 Å². The molecule has 3 unspecified atom stereocenters. The molecule has 1 saturated carbocycles. The highest BCUT2D eigenvalue weighted by Crippen LogP contribution is 2.36. The summed E-state index contributed by atoms with van der Waals surface area (Å²) in [5.74, 6) is 1.76. The summed E-state index contributed by atoms with van der Waals surface area (Å²) in [7, 11) is 2.11. The van der Waals surface area contributed by atoms with Crippen molar-refractivity contribution in [2.24, 2.45) is 11.8 Å². The quantitative estimate of drug-likeness (QED) is 0.751. The minimum absolute atomic E-state index is 0.730. The number of rotatable bonds is 2. The summed E-state index contributed by atoms with van der Waals surface area (Å²) in [6.07, 6.45) is 4.19. The third-order valence-corrected chi connectivity index (χ3v) is 4.81. The van der Waals surface area contributed by atoms with Crippen LogP contribution in [0.1, 0.15) is 40.0 Å². The lowest BCUT2D eigenvalue weighted by molar-refractivity contribution is -0.00190. The molecule has 88 valence electrons. The normalized spacial score (nSPS) is 47.6. The minimum atomic E-state index is 0.730. The van der Waals surface area contributed by atoms with Gasteiger partial charge in [0.05, 0.1) is 0 Å². The van der Waals surface area contributed by atoms with E-state index in [2.05, 4.69) is 38.0 Å². The summed E-state index contributed by atoms with van der Waals surface area (Å²) in [4.78, 5) is 2.76. The molecule has 2 heteroatoms. The Morgan fingerprint density at radius 1 is 1.13 bits per heavy atom. The van der Waals surface area contributed by atoms with Crippen molar-refractivity contribution in [1.82, 2.24) is 10.2 Å². The molecule has 1 saturated heterocycles. The van der Waals surface area contributed by atoms with E-state index in [4.69, 9.17) is 0 Å². The van der Waals surface area contributed by atoms with Gasteiger partial charge in [0.2, 0.25) is 0 Å². The summed E-state index contributed by atoms with van der Waals surface area (Å²) in [6.45, 7) is 8.50. The van der Waals surface area contributed by atoms with Crippen LogP contribution >= 0.6 is 0 Å². The fourth-order valence-electron chi connectivity index (χ4n) is 3.45. The zero-order valence-corrected chi connectivity index (χ0v) is 10.7. The number of piperidine rings is 1. The molecule has 1 heterocycles. The number of hydrogen-bond acceptors (Lipinski definition) is 2. The van der Waals surface area contributed by atoms with Gasteiger partial charge in [-0.15, -0.1) is 0 Å². The lowest BCUT2D eigenvalue weighted by Crippen LogP contribution is -2.58. The van der Waals surface area contributed by atoms with Gasteiger partial charge in [0.1, 0.15) is 0 Å². The van der Waals surface area contributed by atoms with Gasteiger partial charge in [0, 0.05) is 24.7 Å². The van der Waals surface area contributed by atoms with E-state index < -0.39 is 0 Å². The highest BCUT2D eigenvalue weighted by molar-refractivity contribution is 4.94. The Kier molecular flexibility index (Phi) is 3.36. The summed E-state index contributed by atoms with van der Waals surface area (Å²) < 4.78 is 0. The SMILES string of the molecule is CNC1CCN(C2CC(C)C2)C(C)C1C. The maximum Gasteiger partial charge on any atom is 0.0117 e. The van der Waals surface area contributed by atoms with Gasteiger partial charge in [-0.2, -0.15) is 0 Å². The monoisotopic (exact) mass is 210 g/mol. The van der Waals surface area contributed by atoms with Gasteiger partial charge in [0.25, 0.3) is 0 Å². The van der Waals surface area contributed by atoms with Gasteiger partial charge in [-0.25, -0.2) is 0 Å². The molecule has 2 fully saturated rings. The van der Waals surface area contributed by atoms with Crippen LogP contribution in [0.2, 0.25) is 0 Å². The number of hydrogen-bond donors (Lipinski definition) is 1. The van der Waals surface area contributed by atoms with E-state index in [0.29, 0.717) is 0 Å². The molecular formula is C13H26N2. The van der Waals surface area contributed by atoms with Crippen LogP contribution in [0, 0.1) is 11.8 Å². The molecule has 0 aromatic heterocycles. The highest BCUT2D eigenvalue weighted by atomic mass is 15.2. The Labute approximate surface area is 94.4 Å². The molecule has 0 amide bonds. The molecular weight excluding hydrogens is 184 g/mol. The van der Waals surface area contributed by atoms with Crippen LogP contribution in [-0.4, -0.2) is 36.6 Å². The van der Waals surface area contributed by atoms with E-state index in [1.54, 1.807) is 0 Å². The Balaban J connectivity index is 1.92. The molecule has 0 aromatic carbocycles. The first-order valence-electron chi connectivity index (χ1n) is 6.56. The predicted octanol–water partition coefficient (Wildman–Crippen LogP) is 2.10. The van der Waals surface area contributed by atoms with Gasteiger partial charge in [-0.3, -0.25) is 4.90 Å². The maximum absolute atomic E-state index is 3.46. The average Bonchev–Trinajstić information content (AvgIpc) is 2.18. The Morgan fingerprint density at radius 2 is 1.80 bits per heavy atom. The minimum Gasteiger partial charge on any atom is -0.317 e. The van der Waals surface area contributed by atoms with Crippen molar-refractivity contribution in [1.29, 1.82) is 0 Å². The van der Waals surface area contributed by atoms with E-state index in [-0.39, 0.29) is 0 Å². The van der Waals surface area contributed by atoms with Crippen molar-refractivity contribution in [3.63, 3.8) is 0 Å². The van der Waals surface area contributed by atoms with Crippen molar-refractivity contribution in [3.05, 3.63) is 0 Å². The molecule has 0 spiro atoms. The van der Waals surface area contributed by atoms with E-state index in [0.717, 1.165) is 30.0 Å². The summed E-state index contributed by atoms with van der Waals surface area (Å²) in [5, 5.41) is 3.46. The van der Waals surface area contributed by atoms with Crippen LogP contribution in [0.5, 0.6) is 0 Å². The third kappa shape index (κ3) is 2.07. The summed E-state index contributed by atoms with van der Waals surface area (Å²) in [5.41, 5.74) is 0. The first-order chi connectivity index (χ1) is 7.13. The first kappa shape index (κ1) is 11.4. The lowest BCUT2D eigenvalue weighted by Gasteiger charge is -2.51. The fraction of sp³-hybridized carbons (Fsp3) is 1.00. The molecule has 15 heavy (non-hydrogen) atoms. The third-order valence-electron chi connectivity index (χ3n) is 4.81. The van der Waals surface area contributed by atoms with Crippen LogP contribution in [-0.2, 0) is 0 Å². The second-order valence-corrected chi connectivity index (χ2v) is 5.75. The standard InChI is InChI=1S/C13H26N2/c1-9-7-12(8-9)15-6-5-13(14-4)10(2)11(15)3/h9-14H,5-8H2,1-4H3. The topological polar surface area (TPSA) is 15.3 Å². The zero-order valence-electron chi connectivity index (χ0n) is 10.7. The number of likely N-dealkylation sites (tertiary alicyclic amines) is 1. The molecule has 2 rings (SSSR count). The number of nitrogens with zero attached hydrogens (tertiary/aromatic N) is 1. The average molecular weight is 210 g/mol. The van der Waals surface area contributed by atoms with Crippen molar-refractivity contribution < 1.29 is 0 Å². The first-order valence-corrected chi connectivity index (χ1v) is 6.56. The van der Waals surface area contributed by atoms with Gasteiger partial charge in [0.15, 0.2) is 0 Å². The van der Waals surface area contributed by atoms with Crippen molar-refractivity contribution >= 4 is 0 Å². The predicted molar refractivity (Wildman–Crippen MR) is 65.0 cm³/mol. The molecule has 2 aliphatic rings. The molecule has 1 aliphatic carbocycles. The lowest BCUT2D eigenvalue weighted by atomic mass is 9.77. The van der Waals surface area contributed by atoms with Crippen LogP contribution in [0.25, 0.3) is 0 Å². The van der Waals surface area contributed by atoms with Crippen LogP contribution in [0.3, 0.4) is 0 Å². The van der Waals surface area contributed by atoms with Crippen LogP contribution in [0.4, 0.5) is 0 Å². The van der Waals surface area contributed by atoms with Gasteiger partial charge < -0.3 is 5.32 Å². The van der Waals surface area contributed by atoms with Crippen molar-refractivity contribution in [2.45, 2.75) is 58.2 Å². The molecule has 2 nitrogen and oxygen atoms in total. The van der Waals surface area contributed by atoms with Crippen LogP contribution in [0.15, 0.2) is 0 Å². The summed E-state index contributed by atoms with van der Waals surface area (Å²) in [6, 6.07) is 2.39. The van der Waals surface area contributed by atoms with E-state index >= 15 is 0 Å². The van der Waals surface area contributed by atoms with E-state index in [1.807, 2.05) is 0 Å². The van der Waals surface area contributed by atoms with Crippen molar-refractivity contribution in [3.8, 4) is 0 Å². The Morgan fingerprint density at radius 3 is 2.33 bits per heavy atom. The van der Waals surface area contributed by atoms with Gasteiger partial charge >= 0.3 is 0 Å². The second kappa shape index (κ2) is 4.42. The molecule has 0 aromatic rings. The van der Waals surface area contributed by atoms with Gasteiger partial charge in [-0.1, -0.05) is 13.8 Å². The zero-order chi connectivity index (χ0) is 11.0. The molecule has 1 aliphatic heterocycles. The fourth-order valence-corrected chi connectivity index (χ4v) is 3.45. The molecule has 0 radical (unpaired) electrons. The van der Waals surface area contributed by atoms with Gasteiger partial charge in [-0.05, 0) is 45.1 Å². The molecule has 1 N–H and O–H groups in total. The Bertz CT molecular complexity index is 211. The smallest absolute Gasteiger partial charge is 0.0117 e. The summed E-state index contributed by atoms with van der Waals surface area (Å²) >= 11 is 0. The Hall–Kier alpha value is -0.0800. The second-order valence-electron chi connectivity index (χ2n) is 5.75. The maximum atomic E-state index is 3.46. The largest absolute Gasteiger partial charge is 0.317 e. The molecule has 3 atom stereocenters. The van der Waals surface area contributed by atoms with Crippen LogP contribution < -0.4 is 5.32 Å². The highest BCUT2D eigenvalue weighted by Gasteiger charge is 2.39.